The molecule has 0 aliphatic carbocycles. The van der Waals surface area contributed by atoms with Gasteiger partial charge in [-0.15, -0.1) is 0 Å². The van der Waals surface area contributed by atoms with Crippen LogP contribution < -0.4 is 0 Å². The van der Waals surface area contributed by atoms with Crippen molar-refractivity contribution in [3.05, 3.63) is 29.3 Å². The van der Waals surface area contributed by atoms with Gasteiger partial charge in [0, 0.05) is 12.7 Å². The fourth-order valence-corrected chi connectivity index (χ4v) is 1.02. The zero-order valence-electron chi connectivity index (χ0n) is 7.43. The Morgan fingerprint density at radius 3 is 2.43 bits per heavy atom. The van der Waals surface area contributed by atoms with Crippen molar-refractivity contribution in [1.29, 1.82) is 0 Å². The summed E-state index contributed by atoms with van der Waals surface area (Å²) in [7, 11) is 1.40. The molecule has 14 heavy (non-hydrogen) atoms. The zero-order chi connectivity index (χ0) is 10.8. The van der Waals surface area contributed by atoms with Crippen molar-refractivity contribution in [2.45, 2.75) is 12.8 Å². The van der Waals surface area contributed by atoms with Gasteiger partial charge < -0.3 is 9.84 Å². The van der Waals surface area contributed by atoms with Crippen molar-refractivity contribution in [2.75, 3.05) is 7.11 Å². The van der Waals surface area contributed by atoms with E-state index in [0.29, 0.717) is 11.6 Å². The van der Waals surface area contributed by atoms with Crippen LogP contribution in [0.3, 0.4) is 0 Å². The molecule has 0 unspecified atom stereocenters. The molecule has 0 bridgehead atoms. The molecule has 0 spiro atoms. The van der Waals surface area contributed by atoms with Crippen LogP contribution in [0.25, 0.3) is 0 Å². The van der Waals surface area contributed by atoms with Gasteiger partial charge in [0.25, 0.3) is 0 Å². The first kappa shape index (κ1) is 10.8. The number of alkyl halides is 3. The van der Waals surface area contributed by atoms with Crippen LogP contribution in [0.2, 0.25) is 0 Å². The Hall–Kier alpha value is -1.23. The Morgan fingerprint density at radius 1 is 1.36 bits per heavy atom. The van der Waals surface area contributed by atoms with E-state index in [4.69, 9.17) is 4.74 Å². The highest BCUT2D eigenvalue weighted by molar-refractivity contribution is 5.37. The van der Waals surface area contributed by atoms with Gasteiger partial charge in [0.1, 0.15) is 5.75 Å². The van der Waals surface area contributed by atoms with Crippen LogP contribution >= 0.6 is 0 Å². The molecule has 0 saturated carbocycles. The molecular formula is C9H9F3O2. The van der Waals surface area contributed by atoms with Crippen LogP contribution in [0, 0.1) is 0 Å². The number of aromatic hydroxyl groups is 1. The Kier molecular flexibility index (Phi) is 3.00. The van der Waals surface area contributed by atoms with Crippen molar-refractivity contribution < 1.29 is 23.0 Å². The minimum absolute atomic E-state index is 0.0873. The van der Waals surface area contributed by atoms with Gasteiger partial charge in [-0.1, -0.05) is 6.07 Å². The van der Waals surface area contributed by atoms with E-state index in [2.05, 4.69) is 0 Å². The maximum atomic E-state index is 12.1. The first-order valence-electron chi connectivity index (χ1n) is 3.83. The Bertz CT molecular complexity index is 320. The van der Waals surface area contributed by atoms with Crippen molar-refractivity contribution in [2.24, 2.45) is 0 Å². The third-order valence-electron chi connectivity index (χ3n) is 1.71. The smallest absolute Gasteiger partial charge is 0.416 e. The summed E-state index contributed by atoms with van der Waals surface area (Å²) in [6.45, 7) is 0.0873. The normalized spacial score (nSPS) is 11.7. The zero-order valence-corrected chi connectivity index (χ0v) is 7.43. The molecule has 0 radical (unpaired) electrons. The topological polar surface area (TPSA) is 29.5 Å². The Morgan fingerprint density at radius 2 is 2.00 bits per heavy atom. The molecule has 78 valence electrons. The van der Waals surface area contributed by atoms with Crippen molar-refractivity contribution >= 4 is 0 Å². The van der Waals surface area contributed by atoms with E-state index in [0.717, 1.165) is 6.07 Å². The van der Waals surface area contributed by atoms with Crippen LogP contribution in [0.1, 0.15) is 11.1 Å². The highest BCUT2D eigenvalue weighted by atomic mass is 19.4. The third-order valence-corrected chi connectivity index (χ3v) is 1.71. The first-order chi connectivity index (χ1) is 6.45. The van der Waals surface area contributed by atoms with Gasteiger partial charge in [0.15, 0.2) is 0 Å². The number of hydrogen-bond donors (Lipinski definition) is 1. The fourth-order valence-electron chi connectivity index (χ4n) is 1.02. The second-order valence-electron chi connectivity index (χ2n) is 2.77. The van der Waals surface area contributed by atoms with Crippen LogP contribution in [0.5, 0.6) is 5.75 Å². The number of rotatable bonds is 2. The monoisotopic (exact) mass is 206 g/mol. The minimum Gasteiger partial charge on any atom is -0.508 e. The second-order valence-corrected chi connectivity index (χ2v) is 2.77. The van der Waals surface area contributed by atoms with E-state index >= 15 is 0 Å². The van der Waals surface area contributed by atoms with Gasteiger partial charge in [-0.05, 0) is 12.1 Å². The molecule has 0 atom stereocenters. The second kappa shape index (κ2) is 3.88. The lowest BCUT2D eigenvalue weighted by Crippen LogP contribution is -2.04. The number of phenols is 1. The quantitative estimate of drug-likeness (QED) is 0.805. The van der Waals surface area contributed by atoms with Gasteiger partial charge >= 0.3 is 6.18 Å². The van der Waals surface area contributed by atoms with Crippen molar-refractivity contribution in [3.8, 4) is 5.75 Å². The average molecular weight is 206 g/mol. The van der Waals surface area contributed by atoms with E-state index in [1.54, 1.807) is 0 Å². The van der Waals surface area contributed by atoms with E-state index in [1.807, 2.05) is 0 Å². The van der Waals surface area contributed by atoms with Gasteiger partial charge in [-0.3, -0.25) is 0 Å². The number of halogens is 3. The molecule has 1 N–H and O–H groups in total. The van der Waals surface area contributed by atoms with Crippen LogP contribution in [-0.4, -0.2) is 12.2 Å². The average Bonchev–Trinajstić information content (AvgIpc) is 2.07. The molecule has 0 saturated heterocycles. The highest BCUT2D eigenvalue weighted by Gasteiger charge is 2.30. The predicted octanol–water partition coefficient (Wildman–Crippen LogP) is 2.56. The maximum Gasteiger partial charge on any atom is 0.416 e. The van der Waals surface area contributed by atoms with Gasteiger partial charge in [0.2, 0.25) is 0 Å². The molecule has 2 nitrogen and oxygen atoms in total. The van der Waals surface area contributed by atoms with Gasteiger partial charge in [-0.2, -0.15) is 13.2 Å². The summed E-state index contributed by atoms with van der Waals surface area (Å²) in [5.41, 5.74) is -0.532. The summed E-state index contributed by atoms with van der Waals surface area (Å²) in [6, 6.07) is 2.80. The molecule has 0 amide bonds. The molecule has 1 aromatic carbocycles. The summed E-state index contributed by atoms with van der Waals surface area (Å²) in [4.78, 5) is 0. The maximum absolute atomic E-state index is 12.1. The lowest BCUT2D eigenvalue weighted by Gasteiger charge is -2.09. The van der Waals surface area contributed by atoms with Crippen LogP contribution in [-0.2, 0) is 17.5 Å². The van der Waals surface area contributed by atoms with E-state index in [9.17, 15) is 18.3 Å². The largest absolute Gasteiger partial charge is 0.508 e. The van der Waals surface area contributed by atoms with Gasteiger partial charge in [-0.25, -0.2) is 0 Å². The number of hydrogen-bond acceptors (Lipinski definition) is 2. The third kappa shape index (κ3) is 2.38. The van der Waals surface area contributed by atoms with E-state index < -0.39 is 17.5 Å². The lowest BCUT2D eigenvalue weighted by atomic mass is 10.1. The number of methoxy groups -OCH3 is 1. The Labute approximate surface area is 78.9 Å². The standard InChI is InChI=1S/C9H9F3O2/c1-14-5-6-2-3-7(4-8(6)13)9(10,11)12/h2-4,13H,5H2,1H3. The molecular weight excluding hydrogens is 197 g/mol. The van der Waals surface area contributed by atoms with Crippen LogP contribution in [0.4, 0.5) is 13.2 Å². The predicted molar refractivity (Wildman–Crippen MR) is 43.8 cm³/mol. The SMILES string of the molecule is COCc1ccc(C(F)(F)F)cc1O. The molecule has 0 heterocycles. The lowest BCUT2D eigenvalue weighted by molar-refractivity contribution is -0.137. The Balaban J connectivity index is 3.01. The van der Waals surface area contributed by atoms with E-state index in [-0.39, 0.29) is 6.61 Å². The van der Waals surface area contributed by atoms with Crippen molar-refractivity contribution in [3.63, 3.8) is 0 Å². The molecule has 0 aliphatic rings. The summed E-state index contributed by atoms with van der Waals surface area (Å²) in [5, 5.41) is 9.21. The van der Waals surface area contributed by atoms with Crippen molar-refractivity contribution in [1.82, 2.24) is 0 Å². The highest BCUT2D eigenvalue weighted by Crippen LogP contribution is 2.32. The van der Waals surface area contributed by atoms with E-state index in [1.165, 1.54) is 13.2 Å². The molecule has 1 rings (SSSR count). The summed E-state index contributed by atoms with van der Waals surface area (Å²) < 4.78 is 41.1. The molecule has 5 heteroatoms. The molecule has 0 aliphatic heterocycles. The molecule has 0 fully saturated rings. The van der Waals surface area contributed by atoms with Gasteiger partial charge in [0.05, 0.1) is 12.2 Å². The molecule has 1 aromatic rings. The number of ether oxygens (including phenoxy) is 1. The number of phenolic OH excluding ortho intramolecular Hbond substituents is 1. The number of benzene rings is 1. The first-order valence-corrected chi connectivity index (χ1v) is 3.83. The minimum atomic E-state index is -4.43. The summed E-state index contributed by atoms with van der Waals surface area (Å²) in [6.07, 6.45) is -4.43. The fraction of sp³-hybridized carbons (Fsp3) is 0.333. The molecule has 0 aromatic heterocycles. The summed E-state index contributed by atoms with van der Waals surface area (Å²) in [5.74, 6) is -0.401. The summed E-state index contributed by atoms with van der Waals surface area (Å²) >= 11 is 0. The van der Waals surface area contributed by atoms with Crippen LogP contribution in [0.15, 0.2) is 18.2 Å².